The highest BCUT2D eigenvalue weighted by Crippen LogP contribution is 2.21. The Bertz CT molecular complexity index is 238. The van der Waals surface area contributed by atoms with Crippen molar-refractivity contribution in [3.63, 3.8) is 0 Å². The number of rotatable bonds is 2. The van der Waals surface area contributed by atoms with Crippen LogP contribution in [0.2, 0.25) is 0 Å². The molecule has 0 heterocycles. The third-order valence-corrected chi connectivity index (χ3v) is 2.22. The maximum absolute atomic E-state index is 11.4. The minimum Gasteiger partial charge on any atom is -0.295 e. The van der Waals surface area contributed by atoms with Crippen LogP contribution in [0, 0.1) is 5.92 Å². The molecule has 0 aromatic heterocycles. The van der Waals surface area contributed by atoms with E-state index in [9.17, 15) is 9.59 Å². The minimum atomic E-state index is -0.0347. The highest BCUT2D eigenvalue weighted by atomic mass is 16.1. The van der Waals surface area contributed by atoms with Crippen LogP contribution in [0.5, 0.6) is 0 Å². The van der Waals surface area contributed by atoms with Gasteiger partial charge in [-0.3, -0.25) is 9.59 Å². The van der Waals surface area contributed by atoms with Gasteiger partial charge in [-0.1, -0.05) is 13.3 Å². The van der Waals surface area contributed by atoms with Crippen molar-refractivity contribution in [2.75, 3.05) is 0 Å². The van der Waals surface area contributed by atoms with E-state index in [4.69, 9.17) is 0 Å². The van der Waals surface area contributed by atoms with Crippen LogP contribution in [0.15, 0.2) is 11.6 Å². The molecule has 0 N–H and O–H groups in total. The number of hydrogen-bond acceptors (Lipinski definition) is 2. The van der Waals surface area contributed by atoms with Gasteiger partial charge in [-0.2, -0.15) is 0 Å². The van der Waals surface area contributed by atoms with Crippen LogP contribution in [-0.4, -0.2) is 11.6 Å². The van der Waals surface area contributed by atoms with Gasteiger partial charge in [0.25, 0.3) is 0 Å². The molecule has 0 saturated heterocycles. The normalized spacial score (nSPS) is 24.2. The lowest BCUT2D eigenvalue weighted by atomic mass is 9.85. The third kappa shape index (κ3) is 1.81. The van der Waals surface area contributed by atoms with E-state index < -0.39 is 0 Å². The fourth-order valence-corrected chi connectivity index (χ4v) is 1.61. The summed E-state index contributed by atoms with van der Waals surface area (Å²) in [6, 6.07) is 0. The second-order valence-corrected chi connectivity index (χ2v) is 3.35. The maximum Gasteiger partial charge on any atom is 0.162 e. The van der Waals surface area contributed by atoms with Gasteiger partial charge >= 0.3 is 0 Å². The molecule has 1 rings (SSSR count). The number of carbonyl (C=O) groups excluding carboxylic acids is 2. The standard InChI is InChI=1S/C10H14O2/c1-3-4-8-6-9(11)5-7(2)10(8)12/h5,8H,3-4,6H2,1-2H3. The van der Waals surface area contributed by atoms with Gasteiger partial charge in [-0.05, 0) is 25.0 Å². The largest absolute Gasteiger partial charge is 0.295 e. The van der Waals surface area contributed by atoms with Crippen LogP contribution in [0.4, 0.5) is 0 Å². The number of carbonyl (C=O) groups is 2. The first kappa shape index (κ1) is 9.17. The molecule has 1 unspecified atom stereocenters. The molecular formula is C10H14O2. The van der Waals surface area contributed by atoms with Crippen molar-refractivity contribution < 1.29 is 9.59 Å². The van der Waals surface area contributed by atoms with Crippen molar-refractivity contribution in [2.45, 2.75) is 33.1 Å². The van der Waals surface area contributed by atoms with E-state index in [1.165, 1.54) is 6.08 Å². The van der Waals surface area contributed by atoms with Gasteiger partial charge in [0.1, 0.15) is 0 Å². The minimum absolute atomic E-state index is 0.0347. The van der Waals surface area contributed by atoms with Crippen LogP contribution in [0.1, 0.15) is 33.1 Å². The summed E-state index contributed by atoms with van der Waals surface area (Å²) in [4.78, 5) is 22.5. The Kier molecular flexibility index (Phi) is 2.79. The van der Waals surface area contributed by atoms with Crippen LogP contribution in [-0.2, 0) is 9.59 Å². The summed E-state index contributed by atoms with van der Waals surface area (Å²) in [6.45, 7) is 3.76. The average Bonchev–Trinajstić information content (AvgIpc) is 2.00. The summed E-state index contributed by atoms with van der Waals surface area (Å²) in [5.41, 5.74) is 0.629. The topological polar surface area (TPSA) is 34.1 Å². The maximum atomic E-state index is 11.4. The van der Waals surface area contributed by atoms with E-state index in [1.807, 2.05) is 6.92 Å². The van der Waals surface area contributed by atoms with E-state index in [0.717, 1.165) is 12.8 Å². The fourth-order valence-electron chi connectivity index (χ4n) is 1.61. The van der Waals surface area contributed by atoms with Gasteiger partial charge in [0.05, 0.1) is 0 Å². The monoisotopic (exact) mass is 166 g/mol. The lowest BCUT2D eigenvalue weighted by Gasteiger charge is -2.17. The Morgan fingerprint density at radius 1 is 1.50 bits per heavy atom. The second kappa shape index (κ2) is 3.65. The number of hydrogen-bond donors (Lipinski definition) is 0. The van der Waals surface area contributed by atoms with E-state index >= 15 is 0 Å². The molecule has 1 atom stereocenters. The molecule has 1 aliphatic rings. The molecule has 0 spiro atoms. The first-order valence-electron chi connectivity index (χ1n) is 4.40. The zero-order chi connectivity index (χ0) is 9.14. The van der Waals surface area contributed by atoms with E-state index in [0.29, 0.717) is 12.0 Å². The van der Waals surface area contributed by atoms with Gasteiger partial charge in [0.2, 0.25) is 0 Å². The van der Waals surface area contributed by atoms with Gasteiger partial charge in [-0.25, -0.2) is 0 Å². The Balaban J connectivity index is 2.75. The number of ketones is 2. The van der Waals surface area contributed by atoms with Gasteiger partial charge in [-0.15, -0.1) is 0 Å². The van der Waals surface area contributed by atoms with Crippen molar-refractivity contribution >= 4 is 11.6 Å². The quantitative estimate of drug-likeness (QED) is 0.627. The molecule has 2 heteroatoms. The molecule has 2 nitrogen and oxygen atoms in total. The Morgan fingerprint density at radius 3 is 2.75 bits per heavy atom. The van der Waals surface area contributed by atoms with Crippen molar-refractivity contribution in [3.05, 3.63) is 11.6 Å². The molecular weight excluding hydrogens is 152 g/mol. The second-order valence-electron chi connectivity index (χ2n) is 3.35. The smallest absolute Gasteiger partial charge is 0.162 e. The molecule has 1 aliphatic carbocycles. The summed E-state index contributed by atoms with van der Waals surface area (Å²) in [5.74, 6) is 0.231. The van der Waals surface area contributed by atoms with Crippen molar-refractivity contribution in [3.8, 4) is 0 Å². The Morgan fingerprint density at radius 2 is 2.17 bits per heavy atom. The molecule has 0 saturated carbocycles. The molecule has 12 heavy (non-hydrogen) atoms. The summed E-state index contributed by atoms with van der Waals surface area (Å²) in [7, 11) is 0. The zero-order valence-electron chi connectivity index (χ0n) is 7.59. The predicted molar refractivity (Wildman–Crippen MR) is 46.8 cm³/mol. The molecule has 0 fully saturated rings. The predicted octanol–water partition coefficient (Wildman–Crippen LogP) is 1.89. The molecule has 66 valence electrons. The van der Waals surface area contributed by atoms with E-state index in [1.54, 1.807) is 6.92 Å². The van der Waals surface area contributed by atoms with Crippen LogP contribution < -0.4 is 0 Å². The number of Topliss-reactive ketones (excluding diaryl/α,β-unsaturated/α-hetero) is 1. The number of allylic oxidation sites excluding steroid dienone is 2. The van der Waals surface area contributed by atoms with E-state index in [2.05, 4.69) is 0 Å². The molecule has 0 amide bonds. The van der Waals surface area contributed by atoms with Crippen LogP contribution in [0.3, 0.4) is 0 Å². The highest BCUT2D eigenvalue weighted by Gasteiger charge is 2.25. The van der Waals surface area contributed by atoms with Crippen LogP contribution in [0.25, 0.3) is 0 Å². The summed E-state index contributed by atoms with van der Waals surface area (Å²) in [5, 5.41) is 0. The van der Waals surface area contributed by atoms with Crippen molar-refractivity contribution in [1.29, 1.82) is 0 Å². The van der Waals surface area contributed by atoms with E-state index in [-0.39, 0.29) is 17.5 Å². The zero-order valence-corrected chi connectivity index (χ0v) is 7.59. The molecule has 0 aromatic carbocycles. The lowest BCUT2D eigenvalue weighted by molar-refractivity contribution is -0.125. The van der Waals surface area contributed by atoms with Gasteiger partial charge in [0, 0.05) is 12.3 Å². The van der Waals surface area contributed by atoms with Crippen molar-refractivity contribution in [2.24, 2.45) is 5.92 Å². The molecule has 0 bridgehead atoms. The fraction of sp³-hybridized carbons (Fsp3) is 0.600. The Hall–Kier alpha value is -0.920. The SMILES string of the molecule is CCCC1CC(=O)C=C(C)C1=O. The first-order valence-corrected chi connectivity index (χ1v) is 4.40. The average molecular weight is 166 g/mol. The molecule has 0 radical (unpaired) electrons. The van der Waals surface area contributed by atoms with Gasteiger partial charge in [0.15, 0.2) is 11.6 Å². The highest BCUT2D eigenvalue weighted by molar-refractivity contribution is 6.09. The third-order valence-electron chi connectivity index (χ3n) is 2.22. The van der Waals surface area contributed by atoms with Crippen LogP contribution >= 0.6 is 0 Å². The molecule has 0 aliphatic heterocycles. The summed E-state index contributed by atoms with van der Waals surface area (Å²) >= 11 is 0. The lowest BCUT2D eigenvalue weighted by Crippen LogP contribution is -2.23. The first-order chi connectivity index (χ1) is 5.65. The van der Waals surface area contributed by atoms with Crippen molar-refractivity contribution in [1.82, 2.24) is 0 Å². The summed E-state index contributed by atoms with van der Waals surface area (Å²) < 4.78 is 0. The molecule has 0 aromatic rings. The van der Waals surface area contributed by atoms with Gasteiger partial charge < -0.3 is 0 Å². The summed E-state index contributed by atoms with van der Waals surface area (Å²) in [6.07, 6.45) is 3.70. The Labute approximate surface area is 72.7 Å².